The second-order valence-electron chi connectivity index (χ2n) is 4.63. The summed E-state index contributed by atoms with van der Waals surface area (Å²) in [5.41, 5.74) is 7.85. The molecule has 2 aromatic carbocycles. The fourth-order valence-electron chi connectivity index (χ4n) is 1.94. The standard InChI is InChI=1S/C15H18N2O3S/c1-11-9-15(8-3-12(11)10-16)21(18,19)17-13-4-6-14(20-2)7-5-13/h3-9,17H,10,16H2,1-2H3. The van der Waals surface area contributed by atoms with E-state index in [2.05, 4.69) is 4.72 Å². The van der Waals surface area contributed by atoms with Gasteiger partial charge in [0.1, 0.15) is 5.75 Å². The van der Waals surface area contributed by atoms with Gasteiger partial charge in [-0.1, -0.05) is 6.07 Å². The first-order chi connectivity index (χ1) is 9.96. The molecule has 0 aliphatic heterocycles. The highest BCUT2D eigenvalue weighted by molar-refractivity contribution is 7.92. The first-order valence-electron chi connectivity index (χ1n) is 6.43. The van der Waals surface area contributed by atoms with Gasteiger partial charge < -0.3 is 10.5 Å². The van der Waals surface area contributed by atoms with Gasteiger partial charge in [-0.2, -0.15) is 0 Å². The van der Waals surface area contributed by atoms with Gasteiger partial charge in [-0.05, 0) is 54.4 Å². The topological polar surface area (TPSA) is 81.4 Å². The monoisotopic (exact) mass is 306 g/mol. The molecule has 0 saturated carbocycles. The Kier molecular flexibility index (Phi) is 4.50. The van der Waals surface area contributed by atoms with Crippen LogP contribution in [0.5, 0.6) is 5.75 Å². The number of hydrogen-bond donors (Lipinski definition) is 2. The Hall–Kier alpha value is -2.05. The Morgan fingerprint density at radius 1 is 1.14 bits per heavy atom. The quantitative estimate of drug-likeness (QED) is 0.888. The van der Waals surface area contributed by atoms with Crippen molar-refractivity contribution in [3.63, 3.8) is 0 Å². The van der Waals surface area contributed by atoms with Crippen molar-refractivity contribution in [2.75, 3.05) is 11.8 Å². The minimum Gasteiger partial charge on any atom is -0.497 e. The van der Waals surface area contributed by atoms with Crippen molar-refractivity contribution in [3.05, 3.63) is 53.6 Å². The van der Waals surface area contributed by atoms with Gasteiger partial charge in [0, 0.05) is 12.2 Å². The Bertz CT molecular complexity index is 725. The summed E-state index contributed by atoms with van der Waals surface area (Å²) < 4.78 is 32.2. The van der Waals surface area contributed by atoms with Crippen molar-refractivity contribution < 1.29 is 13.2 Å². The number of rotatable bonds is 5. The zero-order chi connectivity index (χ0) is 15.5. The number of nitrogens with two attached hydrogens (primary N) is 1. The molecule has 5 nitrogen and oxygen atoms in total. The summed E-state index contributed by atoms with van der Waals surface area (Å²) in [5.74, 6) is 0.668. The molecule has 0 spiro atoms. The molecule has 112 valence electrons. The maximum Gasteiger partial charge on any atom is 0.261 e. The van der Waals surface area contributed by atoms with E-state index in [0.717, 1.165) is 11.1 Å². The highest BCUT2D eigenvalue weighted by Crippen LogP contribution is 2.21. The number of sulfonamides is 1. The van der Waals surface area contributed by atoms with Crippen molar-refractivity contribution in [1.82, 2.24) is 0 Å². The maximum absolute atomic E-state index is 12.3. The van der Waals surface area contributed by atoms with Crippen molar-refractivity contribution in [2.45, 2.75) is 18.4 Å². The number of methoxy groups -OCH3 is 1. The zero-order valence-electron chi connectivity index (χ0n) is 12.0. The molecule has 0 fully saturated rings. The summed E-state index contributed by atoms with van der Waals surface area (Å²) in [6.07, 6.45) is 0. The lowest BCUT2D eigenvalue weighted by molar-refractivity contribution is 0.415. The van der Waals surface area contributed by atoms with Crippen molar-refractivity contribution in [3.8, 4) is 5.75 Å². The van der Waals surface area contributed by atoms with Crippen LogP contribution in [-0.4, -0.2) is 15.5 Å². The third-order valence-electron chi connectivity index (χ3n) is 3.19. The minimum atomic E-state index is -3.61. The molecular weight excluding hydrogens is 288 g/mol. The van der Waals surface area contributed by atoms with Gasteiger partial charge in [0.15, 0.2) is 0 Å². The molecule has 0 radical (unpaired) electrons. The second kappa shape index (κ2) is 6.15. The summed E-state index contributed by atoms with van der Waals surface area (Å²) in [7, 11) is -2.06. The first kappa shape index (κ1) is 15.3. The molecule has 0 aromatic heterocycles. The zero-order valence-corrected chi connectivity index (χ0v) is 12.8. The van der Waals surface area contributed by atoms with Crippen LogP contribution >= 0.6 is 0 Å². The molecule has 0 aliphatic carbocycles. The van der Waals surface area contributed by atoms with Gasteiger partial charge in [-0.3, -0.25) is 4.72 Å². The van der Waals surface area contributed by atoms with Crippen LogP contribution in [0.4, 0.5) is 5.69 Å². The highest BCUT2D eigenvalue weighted by atomic mass is 32.2. The SMILES string of the molecule is COc1ccc(NS(=O)(=O)c2ccc(CN)c(C)c2)cc1. The van der Waals surface area contributed by atoms with E-state index >= 15 is 0 Å². The number of anilines is 1. The number of nitrogens with one attached hydrogen (secondary N) is 1. The smallest absolute Gasteiger partial charge is 0.261 e. The molecule has 0 atom stereocenters. The summed E-state index contributed by atoms with van der Waals surface area (Å²) in [4.78, 5) is 0.216. The average molecular weight is 306 g/mol. The van der Waals surface area contributed by atoms with Gasteiger partial charge in [0.05, 0.1) is 12.0 Å². The Balaban J connectivity index is 2.26. The average Bonchev–Trinajstić information content (AvgIpc) is 2.47. The van der Waals surface area contributed by atoms with Gasteiger partial charge in [0.25, 0.3) is 10.0 Å². The van der Waals surface area contributed by atoms with Crippen molar-refractivity contribution in [2.24, 2.45) is 5.73 Å². The number of benzene rings is 2. The van der Waals surface area contributed by atoms with Crippen LogP contribution in [0.25, 0.3) is 0 Å². The first-order valence-corrected chi connectivity index (χ1v) is 7.91. The van der Waals surface area contributed by atoms with Crippen LogP contribution in [0.2, 0.25) is 0 Å². The van der Waals surface area contributed by atoms with E-state index in [-0.39, 0.29) is 4.90 Å². The van der Waals surface area contributed by atoms with E-state index in [1.54, 1.807) is 49.6 Å². The largest absolute Gasteiger partial charge is 0.497 e. The van der Waals surface area contributed by atoms with Crippen LogP contribution in [-0.2, 0) is 16.6 Å². The number of ether oxygens (including phenoxy) is 1. The molecule has 2 rings (SSSR count). The van der Waals surface area contributed by atoms with E-state index in [1.807, 2.05) is 6.92 Å². The predicted octanol–water partition coefficient (Wildman–Crippen LogP) is 2.26. The highest BCUT2D eigenvalue weighted by Gasteiger charge is 2.15. The molecule has 2 aromatic rings. The van der Waals surface area contributed by atoms with Crippen LogP contribution in [0, 0.1) is 6.92 Å². The van der Waals surface area contributed by atoms with E-state index in [4.69, 9.17) is 10.5 Å². The summed E-state index contributed by atoms with van der Waals surface area (Å²) in [6, 6.07) is 11.6. The molecule has 0 amide bonds. The molecule has 0 heterocycles. The molecule has 0 saturated heterocycles. The third-order valence-corrected chi connectivity index (χ3v) is 4.57. The molecule has 0 unspecified atom stereocenters. The summed E-state index contributed by atoms with van der Waals surface area (Å²) in [6.45, 7) is 2.23. The molecule has 0 aliphatic rings. The van der Waals surface area contributed by atoms with Crippen LogP contribution in [0.3, 0.4) is 0 Å². The van der Waals surface area contributed by atoms with Gasteiger partial charge >= 0.3 is 0 Å². The van der Waals surface area contributed by atoms with Crippen molar-refractivity contribution >= 4 is 15.7 Å². The van der Waals surface area contributed by atoms with Crippen molar-refractivity contribution in [1.29, 1.82) is 0 Å². The molecule has 3 N–H and O–H groups in total. The molecule has 21 heavy (non-hydrogen) atoms. The normalized spacial score (nSPS) is 11.2. The number of hydrogen-bond acceptors (Lipinski definition) is 4. The summed E-state index contributed by atoms with van der Waals surface area (Å²) in [5, 5.41) is 0. The lowest BCUT2D eigenvalue weighted by Gasteiger charge is -2.11. The maximum atomic E-state index is 12.3. The lowest BCUT2D eigenvalue weighted by atomic mass is 10.1. The van der Waals surface area contributed by atoms with Gasteiger partial charge in [-0.25, -0.2) is 8.42 Å². The van der Waals surface area contributed by atoms with Crippen LogP contribution < -0.4 is 15.2 Å². The van der Waals surface area contributed by atoms with Crippen LogP contribution in [0.1, 0.15) is 11.1 Å². The Morgan fingerprint density at radius 3 is 2.33 bits per heavy atom. The van der Waals surface area contributed by atoms with Gasteiger partial charge in [-0.15, -0.1) is 0 Å². The minimum absolute atomic E-state index is 0.216. The third kappa shape index (κ3) is 3.53. The molecular formula is C15H18N2O3S. The van der Waals surface area contributed by atoms with E-state index in [9.17, 15) is 8.42 Å². The fourth-order valence-corrected chi connectivity index (χ4v) is 3.08. The predicted molar refractivity (Wildman–Crippen MR) is 82.9 cm³/mol. The Morgan fingerprint density at radius 2 is 1.81 bits per heavy atom. The number of aryl methyl sites for hydroxylation is 1. The lowest BCUT2D eigenvalue weighted by Crippen LogP contribution is -2.13. The van der Waals surface area contributed by atoms with E-state index in [0.29, 0.717) is 18.0 Å². The van der Waals surface area contributed by atoms with Crippen LogP contribution in [0.15, 0.2) is 47.4 Å². The van der Waals surface area contributed by atoms with Gasteiger partial charge in [0.2, 0.25) is 0 Å². The fraction of sp³-hybridized carbons (Fsp3) is 0.200. The molecule has 6 heteroatoms. The molecule has 0 bridgehead atoms. The van der Waals surface area contributed by atoms with E-state index in [1.165, 1.54) is 0 Å². The second-order valence-corrected chi connectivity index (χ2v) is 6.31. The Labute approximate surface area is 124 Å². The van der Waals surface area contributed by atoms with E-state index < -0.39 is 10.0 Å². The summed E-state index contributed by atoms with van der Waals surface area (Å²) >= 11 is 0.